The van der Waals surface area contributed by atoms with E-state index in [1.807, 2.05) is 6.07 Å². The fourth-order valence-electron chi connectivity index (χ4n) is 3.90. The van der Waals surface area contributed by atoms with E-state index in [0.29, 0.717) is 5.56 Å². The summed E-state index contributed by atoms with van der Waals surface area (Å²) in [4.78, 5) is 0. The van der Waals surface area contributed by atoms with Crippen LogP contribution in [0.1, 0.15) is 42.9 Å². The summed E-state index contributed by atoms with van der Waals surface area (Å²) >= 11 is 0. The van der Waals surface area contributed by atoms with Crippen molar-refractivity contribution in [3.05, 3.63) is 82.9 Å². The van der Waals surface area contributed by atoms with E-state index < -0.39 is 11.6 Å². The van der Waals surface area contributed by atoms with Gasteiger partial charge in [-0.05, 0) is 70.3 Å². The van der Waals surface area contributed by atoms with Gasteiger partial charge in [-0.25, -0.2) is 8.78 Å². The number of benzene rings is 3. The van der Waals surface area contributed by atoms with Gasteiger partial charge in [-0.2, -0.15) is 0 Å². The van der Waals surface area contributed by atoms with Gasteiger partial charge in [0, 0.05) is 6.07 Å². The van der Waals surface area contributed by atoms with Crippen LogP contribution in [0.15, 0.2) is 54.6 Å². The summed E-state index contributed by atoms with van der Waals surface area (Å²) in [6.45, 7) is 2.22. The third-order valence-corrected chi connectivity index (χ3v) is 5.21. The maximum absolute atomic E-state index is 13.5. The molecule has 0 heterocycles. The SMILES string of the molecule is CCCCCc1ccc2c(c1)Cc1cc(-c3cc(F)cc(F)c3)ccc1-2. The Morgan fingerprint density at radius 3 is 2.15 bits per heavy atom. The molecule has 0 aliphatic heterocycles. The van der Waals surface area contributed by atoms with Gasteiger partial charge in [0.2, 0.25) is 0 Å². The first-order chi connectivity index (χ1) is 12.6. The van der Waals surface area contributed by atoms with E-state index in [2.05, 4.69) is 37.3 Å². The third kappa shape index (κ3) is 3.29. The van der Waals surface area contributed by atoms with Crippen molar-refractivity contribution in [2.24, 2.45) is 0 Å². The summed E-state index contributed by atoms with van der Waals surface area (Å²) in [6, 6.07) is 16.6. The van der Waals surface area contributed by atoms with Crippen LogP contribution in [-0.4, -0.2) is 0 Å². The van der Waals surface area contributed by atoms with E-state index in [4.69, 9.17) is 0 Å². The Bertz CT molecular complexity index is 936. The fourth-order valence-corrected chi connectivity index (χ4v) is 3.90. The average Bonchev–Trinajstić information content (AvgIpc) is 2.98. The van der Waals surface area contributed by atoms with Crippen molar-refractivity contribution in [2.45, 2.75) is 39.0 Å². The number of hydrogen-bond acceptors (Lipinski definition) is 0. The molecule has 1 aliphatic rings. The van der Waals surface area contributed by atoms with Gasteiger partial charge < -0.3 is 0 Å². The zero-order valence-corrected chi connectivity index (χ0v) is 15.0. The number of fused-ring (bicyclic) bond motifs is 3. The smallest absolute Gasteiger partial charge is 0.126 e. The van der Waals surface area contributed by atoms with E-state index >= 15 is 0 Å². The van der Waals surface area contributed by atoms with Gasteiger partial charge in [-0.1, -0.05) is 56.2 Å². The summed E-state index contributed by atoms with van der Waals surface area (Å²) in [5.74, 6) is -1.08. The van der Waals surface area contributed by atoms with Crippen molar-refractivity contribution < 1.29 is 8.78 Å². The molecule has 3 aromatic rings. The highest BCUT2D eigenvalue weighted by Gasteiger charge is 2.19. The van der Waals surface area contributed by atoms with Crippen LogP contribution in [-0.2, 0) is 12.8 Å². The van der Waals surface area contributed by atoms with Crippen LogP contribution in [0.5, 0.6) is 0 Å². The van der Waals surface area contributed by atoms with Crippen molar-refractivity contribution in [3.63, 3.8) is 0 Å². The lowest BCUT2D eigenvalue weighted by Gasteiger charge is -2.07. The molecule has 0 radical (unpaired) electrons. The Labute approximate surface area is 153 Å². The van der Waals surface area contributed by atoms with Gasteiger partial charge in [-0.15, -0.1) is 0 Å². The second-order valence-corrected chi connectivity index (χ2v) is 7.16. The Kier molecular flexibility index (Phi) is 4.58. The lowest BCUT2D eigenvalue weighted by Crippen LogP contribution is -1.88. The first-order valence-corrected chi connectivity index (χ1v) is 9.35. The topological polar surface area (TPSA) is 0 Å². The van der Waals surface area contributed by atoms with Gasteiger partial charge in [0.15, 0.2) is 0 Å². The van der Waals surface area contributed by atoms with Gasteiger partial charge in [0.25, 0.3) is 0 Å². The molecule has 0 unspecified atom stereocenters. The molecule has 0 nitrogen and oxygen atoms in total. The molecule has 26 heavy (non-hydrogen) atoms. The summed E-state index contributed by atoms with van der Waals surface area (Å²) in [5.41, 5.74) is 7.96. The second kappa shape index (κ2) is 7.03. The zero-order valence-electron chi connectivity index (χ0n) is 15.0. The molecule has 0 bridgehead atoms. The lowest BCUT2D eigenvalue weighted by atomic mass is 9.98. The molecule has 0 saturated carbocycles. The Morgan fingerprint density at radius 2 is 1.42 bits per heavy atom. The Balaban J connectivity index is 1.63. The monoisotopic (exact) mass is 348 g/mol. The molecule has 4 rings (SSSR count). The maximum Gasteiger partial charge on any atom is 0.126 e. The molecule has 0 aromatic heterocycles. The highest BCUT2D eigenvalue weighted by atomic mass is 19.1. The van der Waals surface area contributed by atoms with Crippen molar-refractivity contribution in [3.8, 4) is 22.3 Å². The zero-order chi connectivity index (χ0) is 18.1. The van der Waals surface area contributed by atoms with Crippen molar-refractivity contribution >= 4 is 0 Å². The molecule has 0 N–H and O–H groups in total. The third-order valence-electron chi connectivity index (χ3n) is 5.21. The number of halogens is 2. The Hall–Kier alpha value is -2.48. The van der Waals surface area contributed by atoms with Crippen LogP contribution in [0.3, 0.4) is 0 Å². The molecule has 132 valence electrons. The van der Waals surface area contributed by atoms with Crippen molar-refractivity contribution in [1.29, 1.82) is 0 Å². The van der Waals surface area contributed by atoms with Gasteiger partial charge >= 0.3 is 0 Å². The standard InChI is InChI=1S/C24H22F2/c1-2-3-4-5-16-6-8-23-19(10-16)12-20-11-17(7-9-24(20)23)18-13-21(25)15-22(26)14-18/h6-11,13-15H,2-5,12H2,1H3. The van der Waals surface area contributed by atoms with Crippen LogP contribution in [0.2, 0.25) is 0 Å². The normalized spacial score (nSPS) is 12.1. The van der Waals surface area contributed by atoms with E-state index in [1.54, 1.807) is 0 Å². The van der Waals surface area contributed by atoms with Gasteiger partial charge in [0.05, 0.1) is 0 Å². The van der Waals surface area contributed by atoms with Crippen LogP contribution in [0, 0.1) is 11.6 Å². The van der Waals surface area contributed by atoms with Crippen molar-refractivity contribution in [1.82, 2.24) is 0 Å². The van der Waals surface area contributed by atoms with Gasteiger partial charge in [-0.3, -0.25) is 0 Å². The molecule has 3 aromatic carbocycles. The largest absolute Gasteiger partial charge is 0.207 e. The van der Waals surface area contributed by atoms with Crippen LogP contribution in [0.4, 0.5) is 8.78 Å². The predicted molar refractivity (Wildman–Crippen MR) is 103 cm³/mol. The molecule has 0 fully saturated rings. The highest BCUT2D eigenvalue weighted by Crippen LogP contribution is 2.39. The lowest BCUT2D eigenvalue weighted by molar-refractivity contribution is 0.584. The molecular formula is C24H22F2. The number of rotatable bonds is 5. The number of hydrogen-bond donors (Lipinski definition) is 0. The minimum absolute atomic E-state index is 0.541. The van der Waals surface area contributed by atoms with Crippen LogP contribution >= 0.6 is 0 Å². The maximum atomic E-state index is 13.5. The molecule has 1 aliphatic carbocycles. The summed E-state index contributed by atoms with van der Waals surface area (Å²) in [6.07, 6.45) is 5.76. The Morgan fingerprint density at radius 1 is 0.731 bits per heavy atom. The van der Waals surface area contributed by atoms with E-state index in [1.165, 1.54) is 59.2 Å². The van der Waals surface area contributed by atoms with Crippen LogP contribution in [0.25, 0.3) is 22.3 Å². The second-order valence-electron chi connectivity index (χ2n) is 7.16. The van der Waals surface area contributed by atoms with E-state index in [9.17, 15) is 8.78 Å². The first kappa shape index (κ1) is 17.0. The van der Waals surface area contributed by atoms with Crippen LogP contribution < -0.4 is 0 Å². The minimum Gasteiger partial charge on any atom is -0.207 e. The summed E-state index contributed by atoms with van der Waals surface area (Å²) < 4.78 is 27.1. The average molecular weight is 348 g/mol. The summed E-state index contributed by atoms with van der Waals surface area (Å²) in [5, 5.41) is 0. The summed E-state index contributed by atoms with van der Waals surface area (Å²) in [7, 11) is 0. The molecule has 0 amide bonds. The molecule has 0 spiro atoms. The van der Waals surface area contributed by atoms with E-state index in [-0.39, 0.29) is 0 Å². The highest BCUT2D eigenvalue weighted by molar-refractivity contribution is 5.80. The van der Waals surface area contributed by atoms with Gasteiger partial charge in [0.1, 0.15) is 11.6 Å². The quantitative estimate of drug-likeness (QED) is 0.343. The van der Waals surface area contributed by atoms with E-state index in [0.717, 1.165) is 24.5 Å². The van der Waals surface area contributed by atoms with Crippen molar-refractivity contribution in [2.75, 3.05) is 0 Å². The molecule has 2 heteroatoms. The first-order valence-electron chi connectivity index (χ1n) is 9.35. The molecule has 0 atom stereocenters. The predicted octanol–water partition coefficient (Wildman–Crippen LogP) is 6.94. The fraction of sp³-hybridized carbons (Fsp3) is 0.250. The number of unbranched alkanes of at least 4 members (excludes halogenated alkanes) is 2. The molecule has 0 saturated heterocycles. The molecular weight excluding hydrogens is 326 g/mol. The minimum atomic E-state index is -0.541. The number of aryl methyl sites for hydroxylation is 1.